The molecule has 0 radical (unpaired) electrons. The number of halogens is 1. The third-order valence-electron chi connectivity index (χ3n) is 13.9. The first-order valence-electron chi connectivity index (χ1n) is 22.1. The second-order valence-corrected chi connectivity index (χ2v) is 20.8. The Morgan fingerprint density at radius 3 is 2.38 bits per heavy atom. The predicted molar refractivity (Wildman–Crippen MR) is 243 cm³/mol. The van der Waals surface area contributed by atoms with Gasteiger partial charge in [0.25, 0.3) is 5.91 Å². The maximum atomic E-state index is 15.5. The lowest BCUT2D eigenvalue weighted by Crippen LogP contribution is -2.41. The van der Waals surface area contributed by atoms with E-state index >= 15 is 9.18 Å². The fourth-order valence-electron chi connectivity index (χ4n) is 10.5. The van der Waals surface area contributed by atoms with Crippen molar-refractivity contribution in [1.29, 1.82) is 0 Å². The van der Waals surface area contributed by atoms with Gasteiger partial charge in [-0.25, -0.2) is 31.6 Å². The van der Waals surface area contributed by atoms with Crippen LogP contribution in [0, 0.1) is 25.6 Å². The molecule has 2 N–H and O–H groups in total. The van der Waals surface area contributed by atoms with Gasteiger partial charge in [0.2, 0.25) is 0 Å². The number of aromatic amines is 1. The van der Waals surface area contributed by atoms with Crippen LogP contribution in [-0.4, -0.2) is 90.1 Å². The molecule has 2 aliphatic heterocycles. The van der Waals surface area contributed by atoms with Gasteiger partial charge in [0.15, 0.2) is 21.5 Å². The van der Waals surface area contributed by atoms with Crippen molar-refractivity contribution in [2.45, 2.75) is 95.2 Å². The van der Waals surface area contributed by atoms with Crippen LogP contribution in [0.2, 0.25) is 0 Å². The van der Waals surface area contributed by atoms with E-state index in [4.69, 9.17) is 14.4 Å². The summed E-state index contributed by atoms with van der Waals surface area (Å²) in [4.78, 5) is 47.3. The van der Waals surface area contributed by atoms with Crippen LogP contribution in [-0.2, 0) is 26.5 Å². The summed E-state index contributed by atoms with van der Waals surface area (Å²) in [6.07, 6.45) is 5.12. The molecule has 17 nitrogen and oxygen atoms in total. The van der Waals surface area contributed by atoms with Gasteiger partial charge in [-0.15, -0.1) is 0 Å². The number of ether oxygens (including phenoxy) is 1. The number of amides is 1. The van der Waals surface area contributed by atoms with Crippen LogP contribution < -0.4 is 16.8 Å². The molecule has 2 fully saturated rings. The van der Waals surface area contributed by atoms with Crippen molar-refractivity contribution in [2.24, 2.45) is 5.92 Å². The summed E-state index contributed by atoms with van der Waals surface area (Å²) >= 11 is 0. The Morgan fingerprint density at radius 1 is 0.985 bits per heavy atom. The van der Waals surface area contributed by atoms with Gasteiger partial charge in [0, 0.05) is 49.3 Å². The standard InChI is InChI=1S/C47H51FN10O7S/c1-25-17-33(18-26(2)40(25)48)57-41(55-24-50-58(45(55)61)32-10-12-38(66(8,62)63)35(21-32)49-7)39-28(4)54(15-13-34(39)52-57)42(59)37-20-31-19-29(30-14-16-64-46(5,6)23-30)9-11-36(31)56(37)47(22-27(47)3)43-51-44(60)65-53-43/h9-12,17-21,24,27-28,30,49H,13-16,22-23H2,1-8H3,(H,51,53,60)/t27-,28-,30-,47-/m0/s1. The molecule has 1 amide bonds. The average molecular weight is 919 g/mol. The predicted octanol–water partition coefficient (Wildman–Crippen LogP) is 6.26. The second kappa shape index (κ2) is 15.2. The zero-order valence-electron chi connectivity index (χ0n) is 38.0. The number of H-pyrrole nitrogens is 1. The summed E-state index contributed by atoms with van der Waals surface area (Å²) < 4.78 is 57.4. The third-order valence-corrected chi connectivity index (χ3v) is 15.0. The largest absolute Gasteiger partial charge is 0.438 e. The molecular weight excluding hydrogens is 868 g/mol. The van der Waals surface area contributed by atoms with Crippen LogP contribution >= 0.6 is 0 Å². The number of anilines is 1. The number of carbonyl (C=O) groups excluding carboxylic acids is 1. The van der Waals surface area contributed by atoms with Crippen molar-refractivity contribution >= 4 is 32.3 Å². The number of nitrogens with one attached hydrogen (secondary N) is 2. The summed E-state index contributed by atoms with van der Waals surface area (Å²) in [6, 6.07) is 15.4. The Morgan fingerprint density at radius 2 is 1.73 bits per heavy atom. The number of sulfone groups is 1. The molecule has 0 bridgehead atoms. The van der Waals surface area contributed by atoms with E-state index in [-0.39, 0.29) is 46.3 Å². The SMILES string of the molecule is CNc1cc(-n2ncn(-c3c4c(nn3-c3cc(C)c(F)c(C)c3)CCN(C(=O)c3cc5cc([C@H]6CCOC(C)(C)C6)ccc5n3[C@@]3(c5noc(=O)[nH]5)C[C@@H]3C)[C@H]4C)c2=O)ccc1S(C)(=O)=O. The maximum Gasteiger partial charge on any atom is 0.438 e. The average Bonchev–Trinajstić information content (AvgIpc) is 3.77. The number of aryl methyl sites for hydroxylation is 2. The number of benzene rings is 3. The summed E-state index contributed by atoms with van der Waals surface area (Å²) in [5.41, 5.74) is 3.76. The molecule has 7 aromatic rings. The van der Waals surface area contributed by atoms with Crippen molar-refractivity contribution in [1.82, 2.24) is 43.7 Å². The normalized spacial score (nSPS) is 21.6. The molecule has 1 saturated heterocycles. The van der Waals surface area contributed by atoms with E-state index in [1.54, 1.807) is 42.6 Å². The van der Waals surface area contributed by atoms with E-state index in [1.165, 1.54) is 29.1 Å². The molecule has 3 aliphatic rings. The Hall–Kier alpha value is -6.60. The highest BCUT2D eigenvalue weighted by atomic mass is 32.2. The van der Waals surface area contributed by atoms with Gasteiger partial charge in [-0.3, -0.25) is 14.3 Å². The van der Waals surface area contributed by atoms with E-state index in [9.17, 15) is 18.0 Å². The minimum absolute atomic E-state index is 0.00983. The molecule has 6 heterocycles. The van der Waals surface area contributed by atoms with Gasteiger partial charge in [0.05, 0.1) is 39.3 Å². The molecule has 4 atom stereocenters. The highest BCUT2D eigenvalue weighted by Crippen LogP contribution is 2.56. The molecule has 1 saturated carbocycles. The number of hydrogen-bond donors (Lipinski definition) is 2. The van der Waals surface area contributed by atoms with Gasteiger partial charge in [-0.2, -0.15) is 14.9 Å². The number of rotatable bonds is 9. The second-order valence-electron chi connectivity index (χ2n) is 18.8. The van der Waals surface area contributed by atoms with Gasteiger partial charge >= 0.3 is 11.4 Å². The summed E-state index contributed by atoms with van der Waals surface area (Å²) in [7, 11) is -2.01. The number of carbonyl (C=O) groups is 1. The first kappa shape index (κ1) is 43.3. The molecular formula is C47H51FN10O7S. The monoisotopic (exact) mass is 918 g/mol. The molecule has 0 unspecified atom stereocenters. The maximum absolute atomic E-state index is 15.5. The summed E-state index contributed by atoms with van der Waals surface area (Å²) in [6.45, 7) is 12.4. The van der Waals surface area contributed by atoms with Crippen LogP contribution in [0.5, 0.6) is 0 Å². The van der Waals surface area contributed by atoms with Crippen molar-refractivity contribution in [3.63, 3.8) is 0 Å². The molecule has 19 heteroatoms. The van der Waals surface area contributed by atoms with Crippen molar-refractivity contribution < 1.29 is 26.9 Å². The molecule has 4 aromatic heterocycles. The Labute approximate surface area is 379 Å². The Bertz CT molecular complexity index is 3350. The topological polar surface area (TPSA) is 197 Å². The quantitative estimate of drug-likeness (QED) is 0.166. The van der Waals surface area contributed by atoms with Crippen molar-refractivity contribution in [3.8, 4) is 17.2 Å². The lowest BCUT2D eigenvalue weighted by atomic mass is 9.83. The van der Waals surface area contributed by atoms with Crippen LogP contribution in [0.4, 0.5) is 10.1 Å². The highest BCUT2D eigenvalue weighted by Gasteiger charge is 2.59. The van der Waals surface area contributed by atoms with Crippen LogP contribution in [0.1, 0.15) is 103 Å². The Balaban J connectivity index is 1.12. The van der Waals surface area contributed by atoms with Crippen molar-refractivity contribution in [2.75, 3.05) is 31.8 Å². The summed E-state index contributed by atoms with van der Waals surface area (Å²) in [5, 5.41) is 17.5. The first-order valence-corrected chi connectivity index (χ1v) is 24.0. The van der Waals surface area contributed by atoms with E-state index in [0.717, 1.165) is 40.2 Å². The summed E-state index contributed by atoms with van der Waals surface area (Å²) in [5.74, 6) is -0.411. The van der Waals surface area contributed by atoms with Gasteiger partial charge in [-0.05, 0) is 131 Å². The fraction of sp³-hybridized carbons (Fsp3) is 0.404. The van der Waals surface area contributed by atoms with E-state index < -0.39 is 32.9 Å². The third kappa shape index (κ3) is 6.84. The van der Waals surface area contributed by atoms with Crippen LogP contribution in [0.25, 0.3) is 28.1 Å². The lowest BCUT2D eigenvalue weighted by Gasteiger charge is -2.35. The number of fused-ring (bicyclic) bond motifs is 2. The van der Waals surface area contributed by atoms with Crippen LogP contribution in [0.15, 0.2) is 79.9 Å². The molecule has 66 heavy (non-hydrogen) atoms. The zero-order chi connectivity index (χ0) is 46.8. The number of hydrogen-bond acceptors (Lipinski definition) is 11. The molecule has 10 rings (SSSR count). The minimum Gasteiger partial charge on any atom is -0.387 e. The van der Waals surface area contributed by atoms with Crippen LogP contribution in [0.3, 0.4) is 0 Å². The zero-order valence-corrected chi connectivity index (χ0v) is 38.8. The fourth-order valence-corrected chi connectivity index (χ4v) is 11.4. The smallest absolute Gasteiger partial charge is 0.387 e. The molecule has 3 aromatic carbocycles. The first-order chi connectivity index (χ1) is 31.3. The van der Waals surface area contributed by atoms with E-state index in [0.29, 0.717) is 70.5 Å². The number of nitrogens with zero attached hydrogens (tertiary/aromatic N) is 8. The molecule has 344 valence electrons. The Kier molecular flexibility index (Phi) is 9.99. The van der Waals surface area contributed by atoms with Crippen molar-refractivity contribution in [3.05, 3.63) is 127 Å². The molecule has 0 spiro atoms. The highest BCUT2D eigenvalue weighted by molar-refractivity contribution is 7.90. The van der Waals surface area contributed by atoms with E-state index in [2.05, 4.69) is 59.5 Å². The van der Waals surface area contributed by atoms with Gasteiger partial charge < -0.3 is 19.5 Å². The number of aromatic nitrogens is 8. The van der Waals surface area contributed by atoms with E-state index in [1.807, 2.05) is 17.6 Å². The van der Waals surface area contributed by atoms with Gasteiger partial charge in [-0.1, -0.05) is 18.1 Å². The molecule has 1 aliphatic carbocycles. The minimum atomic E-state index is -3.60. The van der Waals surface area contributed by atoms with Gasteiger partial charge in [0.1, 0.15) is 23.4 Å². The lowest BCUT2D eigenvalue weighted by molar-refractivity contribution is -0.0592.